The van der Waals surface area contributed by atoms with Crippen LogP contribution >= 0.6 is 11.3 Å². The van der Waals surface area contributed by atoms with Crippen LogP contribution in [0.4, 0.5) is 0 Å². The van der Waals surface area contributed by atoms with Crippen LogP contribution in [0, 0.1) is 12.8 Å². The van der Waals surface area contributed by atoms with Gasteiger partial charge in [-0.2, -0.15) is 0 Å². The Balaban J connectivity index is 1.69. The largest absolute Gasteiger partial charge is 0.440 e. The lowest BCUT2D eigenvalue weighted by molar-refractivity contribution is -0.129. The predicted octanol–water partition coefficient (Wildman–Crippen LogP) is 1.59. The molecule has 1 aliphatic heterocycles. The maximum absolute atomic E-state index is 12.3. The number of nitrogens with zero attached hydrogens (tertiary/aromatic N) is 2. The monoisotopic (exact) mass is 319 g/mol. The summed E-state index contributed by atoms with van der Waals surface area (Å²) in [6.07, 6.45) is 0.825. The van der Waals surface area contributed by atoms with E-state index in [4.69, 9.17) is 10.2 Å². The van der Waals surface area contributed by atoms with Crippen molar-refractivity contribution in [2.24, 2.45) is 11.7 Å². The molecule has 0 spiro atoms. The van der Waals surface area contributed by atoms with Gasteiger partial charge in [-0.15, -0.1) is 11.3 Å². The zero-order valence-electron chi connectivity index (χ0n) is 12.2. The zero-order chi connectivity index (χ0) is 15.7. The highest BCUT2D eigenvalue weighted by Gasteiger charge is 2.30. The molecule has 2 aromatic heterocycles. The van der Waals surface area contributed by atoms with Gasteiger partial charge in [0.05, 0.1) is 22.9 Å². The average molecular weight is 319 g/mol. The summed E-state index contributed by atoms with van der Waals surface area (Å²) >= 11 is 1.54. The normalized spacial score (nSPS) is 17.9. The Morgan fingerprint density at radius 2 is 2.36 bits per heavy atom. The number of thiophene rings is 1. The molecule has 116 valence electrons. The lowest BCUT2D eigenvalue weighted by Gasteiger charge is -2.15. The molecule has 0 aromatic carbocycles. The Bertz CT molecular complexity index is 693. The summed E-state index contributed by atoms with van der Waals surface area (Å²) in [5.41, 5.74) is 5.94. The van der Waals surface area contributed by atoms with E-state index in [1.54, 1.807) is 16.2 Å². The third-order valence-electron chi connectivity index (χ3n) is 3.89. The zero-order valence-corrected chi connectivity index (χ0v) is 13.1. The van der Waals surface area contributed by atoms with Crippen LogP contribution in [0.25, 0.3) is 10.8 Å². The van der Waals surface area contributed by atoms with E-state index in [9.17, 15) is 9.59 Å². The molecule has 0 saturated carbocycles. The van der Waals surface area contributed by atoms with E-state index < -0.39 is 0 Å². The molecular weight excluding hydrogens is 302 g/mol. The van der Waals surface area contributed by atoms with E-state index in [-0.39, 0.29) is 24.2 Å². The van der Waals surface area contributed by atoms with Crippen LogP contribution in [0.2, 0.25) is 0 Å². The van der Waals surface area contributed by atoms with Gasteiger partial charge in [0, 0.05) is 13.1 Å². The van der Waals surface area contributed by atoms with Gasteiger partial charge < -0.3 is 15.1 Å². The van der Waals surface area contributed by atoms with Crippen molar-refractivity contribution in [1.82, 2.24) is 9.88 Å². The second-order valence-electron chi connectivity index (χ2n) is 5.40. The van der Waals surface area contributed by atoms with Crippen LogP contribution in [0.1, 0.15) is 17.9 Å². The van der Waals surface area contributed by atoms with E-state index in [0.717, 1.165) is 4.88 Å². The highest BCUT2D eigenvalue weighted by atomic mass is 32.1. The quantitative estimate of drug-likeness (QED) is 0.926. The van der Waals surface area contributed by atoms with E-state index in [2.05, 4.69) is 4.98 Å². The highest BCUT2D eigenvalue weighted by molar-refractivity contribution is 7.13. The fraction of sp³-hybridized carbons (Fsp3) is 0.400. The maximum atomic E-state index is 12.3. The number of hydrogen-bond acceptors (Lipinski definition) is 5. The molecule has 22 heavy (non-hydrogen) atoms. The number of amides is 2. The lowest BCUT2D eigenvalue weighted by atomic mass is 10.1. The van der Waals surface area contributed by atoms with Crippen LogP contribution in [0.5, 0.6) is 0 Å². The van der Waals surface area contributed by atoms with Crippen LogP contribution in [-0.2, 0) is 16.0 Å². The summed E-state index contributed by atoms with van der Waals surface area (Å²) in [5.74, 6) is 0.587. The fourth-order valence-electron chi connectivity index (χ4n) is 2.57. The Kier molecular flexibility index (Phi) is 3.98. The molecule has 7 heteroatoms. The molecule has 0 unspecified atom stereocenters. The maximum Gasteiger partial charge on any atom is 0.236 e. The molecule has 1 atom stereocenters. The number of oxazole rings is 1. The van der Waals surface area contributed by atoms with Crippen molar-refractivity contribution >= 4 is 23.2 Å². The number of likely N-dealkylation sites (tertiary alicyclic amines) is 1. The van der Waals surface area contributed by atoms with Gasteiger partial charge in [-0.25, -0.2) is 4.98 Å². The number of nitrogens with two attached hydrogens (primary N) is 1. The Labute approximate surface area is 131 Å². The predicted molar refractivity (Wildman–Crippen MR) is 82.1 cm³/mol. The molecule has 0 bridgehead atoms. The number of carbonyl (C=O) groups excluding carboxylic acids is 2. The summed E-state index contributed by atoms with van der Waals surface area (Å²) in [7, 11) is 0. The molecule has 6 nitrogen and oxygen atoms in total. The standard InChI is InChI=1S/C15H17N3O3S/c1-9-11(17-15(21-9)12-3-2-6-22-12)7-13(19)18-5-4-10(8-18)14(16)20/h2-3,6,10H,4-5,7-8H2,1H3,(H2,16,20)/t10-/m0/s1. The highest BCUT2D eigenvalue weighted by Crippen LogP contribution is 2.26. The van der Waals surface area contributed by atoms with Crippen molar-refractivity contribution < 1.29 is 14.0 Å². The van der Waals surface area contributed by atoms with Crippen LogP contribution < -0.4 is 5.73 Å². The van der Waals surface area contributed by atoms with Crippen molar-refractivity contribution in [3.05, 3.63) is 29.0 Å². The first-order chi connectivity index (χ1) is 10.5. The van der Waals surface area contributed by atoms with Gasteiger partial charge in [0.15, 0.2) is 0 Å². The number of rotatable bonds is 4. The van der Waals surface area contributed by atoms with Gasteiger partial charge >= 0.3 is 0 Å². The summed E-state index contributed by atoms with van der Waals surface area (Å²) in [4.78, 5) is 30.5. The van der Waals surface area contributed by atoms with Crippen LogP contribution in [-0.4, -0.2) is 34.8 Å². The Hall–Kier alpha value is -2.15. The summed E-state index contributed by atoms with van der Waals surface area (Å²) < 4.78 is 5.64. The SMILES string of the molecule is Cc1oc(-c2cccs2)nc1CC(=O)N1CC[C@H](C(N)=O)C1. The minimum Gasteiger partial charge on any atom is -0.440 e. The van der Waals surface area contributed by atoms with Gasteiger partial charge in [0.1, 0.15) is 5.76 Å². The molecule has 3 heterocycles. The number of primary amides is 1. The van der Waals surface area contributed by atoms with Gasteiger partial charge in [-0.3, -0.25) is 9.59 Å². The third-order valence-corrected chi connectivity index (χ3v) is 4.74. The molecular formula is C15H17N3O3S. The van der Waals surface area contributed by atoms with E-state index in [0.29, 0.717) is 36.9 Å². The van der Waals surface area contributed by atoms with Crippen molar-refractivity contribution in [1.29, 1.82) is 0 Å². The van der Waals surface area contributed by atoms with Crippen LogP contribution in [0.3, 0.4) is 0 Å². The smallest absolute Gasteiger partial charge is 0.236 e. The number of hydrogen-bond donors (Lipinski definition) is 1. The molecule has 2 N–H and O–H groups in total. The van der Waals surface area contributed by atoms with Crippen LogP contribution in [0.15, 0.2) is 21.9 Å². The number of aromatic nitrogens is 1. The Morgan fingerprint density at radius 1 is 1.55 bits per heavy atom. The van der Waals surface area contributed by atoms with Gasteiger partial charge in [-0.1, -0.05) is 6.07 Å². The van der Waals surface area contributed by atoms with E-state index >= 15 is 0 Å². The summed E-state index contributed by atoms with van der Waals surface area (Å²) in [6.45, 7) is 2.78. The first-order valence-corrected chi connectivity index (χ1v) is 8.00. The molecule has 2 amide bonds. The fourth-order valence-corrected chi connectivity index (χ4v) is 3.22. The summed E-state index contributed by atoms with van der Waals surface area (Å²) in [5, 5.41) is 1.95. The molecule has 1 fully saturated rings. The van der Waals surface area contributed by atoms with Crippen molar-refractivity contribution in [3.8, 4) is 10.8 Å². The molecule has 0 radical (unpaired) electrons. The van der Waals surface area contributed by atoms with Gasteiger partial charge in [-0.05, 0) is 24.8 Å². The van der Waals surface area contributed by atoms with E-state index in [1.807, 2.05) is 24.4 Å². The first kappa shape index (κ1) is 14.8. The second-order valence-corrected chi connectivity index (χ2v) is 6.35. The molecule has 0 aliphatic carbocycles. The Morgan fingerprint density at radius 3 is 3.00 bits per heavy atom. The van der Waals surface area contributed by atoms with Crippen molar-refractivity contribution in [2.45, 2.75) is 19.8 Å². The topological polar surface area (TPSA) is 89.4 Å². The average Bonchev–Trinajstić information content (AvgIpc) is 3.18. The third kappa shape index (κ3) is 2.89. The molecule has 1 aliphatic rings. The van der Waals surface area contributed by atoms with Gasteiger partial charge in [0.25, 0.3) is 0 Å². The lowest BCUT2D eigenvalue weighted by Crippen LogP contribution is -2.32. The minimum atomic E-state index is -0.340. The summed E-state index contributed by atoms with van der Waals surface area (Å²) in [6, 6.07) is 3.86. The van der Waals surface area contributed by atoms with Crippen molar-refractivity contribution in [3.63, 3.8) is 0 Å². The van der Waals surface area contributed by atoms with E-state index in [1.165, 1.54) is 0 Å². The molecule has 3 rings (SSSR count). The minimum absolute atomic E-state index is 0.0436. The first-order valence-electron chi connectivity index (χ1n) is 7.12. The second kappa shape index (κ2) is 5.92. The molecule has 2 aromatic rings. The van der Waals surface area contributed by atoms with Crippen molar-refractivity contribution in [2.75, 3.05) is 13.1 Å². The number of aryl methyl sites for hydroxylation is 1. The van der Waals surface area contributed by atoms with Gasteiger partial charge in [0.2, 0.25) is 17.7 Å². The number of carbonyl (C=O) groups is 2. The molecule has 1 saturated heterocycles.